The van der Waals surface area contributed by atoms with Crippen molar-refractivity contribution in [2.45, 2.75) is 39.1 Å². The molecule has 1 saturated heterocycles. The number of aryl methyl sites for hydroxylation is 1. The molecule has 1 atom stereocenters. The van der Waals surface area contributed by atoms with Crippen molar-refractivity contribution < 1.29 is 13.9 Å². The Labute approximate surface area is 102 Å². The van der Waals surface area contributed by atoms with Gasteiger partial charge in [-0.25, -0.2) is 0 Å². The van der Waals surface area contributed by atoms with Gasteiger partial charge in [0.1, 0.15) is 18.1 Å². The van der Waals surface area contributed by atoms with E-state index in [1.165, 1.54) is 0 Å². The summed E-state index contributed by atoms with van der Waals surface area (Å²) in [5.74, 6) is 1.78. The van der Waals surface area contributed by atoms with E-state index in [0.717, 1.165) is 24.6 Å². The summed E-state index contributed by atoms with van der Waals surface area (Å²) in [7, 11) is 0. The normalized spacial score (nSPS) is 23.8. The monoisotopic (exact) mass is 239 g/mol. The van der Waals surface area contributed by atoms with Gasteiger partial charge in [-0.15, -0.1) is 0 Å². The summed E-state index contributed by atoms with van der Waals surface area (Å²) in [5.41, 5.74) is -0.104. The Bertz CT molecular complexity index is 359. The van der Waals surface area contributed by atoms with Crippen LogP contribution in [0.15, 0.2) is 16.5 Å². The summed E-state index contributed by atoms with van der Waals surface area (Å²) in [5, 5.41) is 3.35. The molecular formula is C13H21NO3. The number of hydrogen-bond donors (Lipinski definition) is 1. The molecule has 0 saturated carbocycles. The van der Waals surface area contributed by atoms with Crippen LogP contribution in [0.5, 0.6) is 0 Å². The minimum Gasteiger partial charge on any atom is -0.464 e. The van der Waals surface area contributed by atoms with Crippen LogP contribution in [-0.4, -0.2) is 31.4 Å². The summed E-state index contributed by atoms with van der Waals surface area (Å²) in [6, 6.07) is 3.89. The van der Waals surface area contributed by atoms with Crippen LogP contribution in [0, 0.1) is 6.92 Å². The number of ether oxygens (including phenoxy) is 2. The molecular weight excluding hydrogens is 218 g/mol. The molecule has 1 fully saturated rings. The first kappa shape index (κ1) is 12.6. The van der Waals surface area contributed by atoms with Gasteiger partial charge in [0.2, 0.25) is 0 Å². The van der Waals surface area contributed by atoms with Gasteiger partial charge >= 0.3 is 0 Å². The molecule has 0 radical (unpaired) electrons. The fourth-order valence-corrected chi connectivity index (χ4v) is 2.02. The molecule has 0 bridgehead atoms. The topological polar surface area (TPSA) is 43.6 Å². The number of nitrogens with one attached hydrogen (secondary N) is 1. The maximum Gasteiger partial charge on any atom is 0.129 e. The lowest BCUT2D eigenvalue weighted by Gasteiger charge is -2.36. The van der Waals surface area contributed by atoms with Crippen molar-refractivity contribution in [3.63, 3.8) is 0 Å². The average molecular weight is 239 g/mol. The zero-order valence-electron chi connectivity index (χ0n) is 10.8. The van der Waals surface area contributed by atoms with Crippen LogP contribution < -0.4 is 5.32 Å². The molecule has 1 aromatic heterocycles. The third-order valence-electron chi connectivity index (χ3n) is 2.75. The van der Waals surface area contributed by atoms with E-state index in [0.29, 0.717) is 13.2 Å². The highest BCUT2D eigenvalue weighted by Crippen LogP contribution is 2.16. The van der Waals surface area contributed by atoms with Crippen molar-refractivity contribution in [2.75, 3.05) is 19.7 Å². The Morgan fingerprint density at radius 2 is 2.29 bits per heavy atom. The highest BCUT2D eigenvalue weighted by Gasteiger charge is 2.28. The summed E-state index contributed by atoms with van der Waals surface area (Å²) < 4.78 is 16.9. The molecule has 0 spiro atoms. The number of rotatable bonds is 4. The molecule has 0 aliphatic carbocycles. The number of hydrogen-bond acceptors (Lipinski definition) is 4. The van der Waals surface area contributed by atoms with Gasteiger partial charge in [0, 0.05) is 13.1 Å². The summed E-state index contributed by atoms with van der Waals surface area (Å²) in [4.78, 5) is 0. The molecule has 1 aliphatic rings. The van der Waals surface area contributed by atoms with E-state index in [2.05, 4.69) is 19.2 Å². The molecule has 4 heteroatoms. The van der Waals surface area contributed by atoms with Crippen molar-refractivity contribution in [3.8, 4) is 0 Å². The summed E-state index contributed by atoms with van der Waals surface area (Å²) in [6.45, 7) is 8.94. The first-order valence-corrected chi connectivity index (χ1v) is 6.07. The molecule has 2 heterocycles. The van der Waals surface area contributed by atoms with Crippen LogP contribution in [0.2, 0.25) is 0 Å². The van der Waals surface area contributed by atoms with E-state index in [4.69, 9.17) is 13.9 Å². The minimum atomic E-state index is -0.104. The van der Waals surface area contributed by atoms with E-state index in [-0.39, 0.29) is 11.7 Å². The lowest BCUT2D eigenvalue weighted by Crippen LogP contribution is -2.51. The fraction of sp³-hybridized carbons (Fsp3) is 0.692. The minimum absolute atomic E-state index is 0.104. The van der Waals surface area contributed by atoms with Crippen LogP contribution in [0.25, 0.3) is 0 Å². The van der Waals surface area contributed by atoms with Crippen molar-refractivity contribution in [2.24, 2.45) is 0 Å². The first-order chi connectivity index (χ1) is 8.05. The molecule has 0 amide bonds. The Kier molecular flexibility index (Phi) is 3.86. The highest BCUT2D eigenvalue weighted by molar-refractivity contribution is 5.04. The Morgan fingerprint density at radius 1 is 1.47 bits per heavy atom. The Hall–Kier alpha value is -0.840. The molecule has 0 aromatic carbocycles. The van der Waals surface area contributed by atoms with E-state index < -0.39 is 0 Å². The van der Waals surface area contributed by atoms with Gasteiger partial charge in [0.25, 0.3) is 0 Å². The summed E-state index contributed by atoms with van der Waals surface area (Å²) >= 11 is 0. The van der Waals surface area contributed by atoms with Crippen LogP contribution in [-0.2, 0) is 16.1 Å². The predicted octanol–water partition coefficient (Wildman–Crippen LogP) is 1.87. The van der Waals surface area contributed by atoms with Crippen LogP contribution in [0.4, 0.5) is 0 Å². The first-order valence-electron chi connectivity index (χ1n) is 6.07. The smallest absolute Gasteiger partial charge is 0.129 e. The third kappa shape index (κ3) is 3.84. The molecule has 1 aliphatic heterocycles. The van der Waals surface area contributed by atoms with E-state index in [1.54, 1.807) is 0 Å². The quantitative estimate of drug-likeness (QED) is 0.871. The predicted molar refractivity (Wildman–Crippen MR) is 64.9 cm³/mol. The lowest BCUT2D eigenvalue weighted by molar-refractivity contribution is -0.123. The standard InChI is InChI=1S/C13H21NO3/c1-10-4-5-11(16-10)7-15-8-12-6-14-9-13(2,3)17-12/h4-5,12,14H,6-9H2,1-3H3. The van der Waals surface area contributed by atoms with Gasteiger partial charge < -0.3 is 19.2 Å². The molecule has 2 rings (SSSR count). The maximum atomic E-state index is 5.90. The van der Waals surface area contributed by atoms with Gasteiger partial charge in [-0.3, -0.25) is 0 Å². The van der Waals surface area contributed by atoms with E-state index >= 15 is 0 Å². The van der Waals surface area contributed by atoms with Crippen LogP contribution in [0.1, 0.15) is 25.4 Å². The second kappa shape index (κ2) is 5.21. The van der Waals surface area contributed by atoms with Crippen molar-refractivity contribution in [1.29, 1.82) is 0 Å². The lowest BCUT2D eigenvalue weighted by atomic mass is 10.1. The van der Waals surface area contributed by atoms with Crippen molar-refractivity contribution in [3.05, 3.63) is 23.7 Å². The zero-order valence-corrected chi connectivity index (χ0v) is 10.8. The summed E-state index contributed by atoms with van der Waals surface area (Å²) in [6.07, 6.45) is 0.120. The van der Waals surface area contributed by atoms with Gasteiger partial charge in [-0.2, -0.15) is 0 Å². The number of furan rings is 1. The van der Waals surface area contributed by atoms with Gasteiger partial charge in [-0.05, 0) is 32.9 Å². The molecule has 4 nitrogen and oxygen atoms in total. The Morgan fingerprint density at radius 3 is 2.94 bits per heavy atom. The second-order valence-corrected chi connectivity index (χ2v) is 5.16. The molecule has 1 N–H and O–H groups in total. The Balaban J connectivity index is 1.71. The van der Waals surface area contributed by atoms with Gasteiger partial charge in [0.05, 0.1) is 18.3 Å². The molecule has 96 valence electrons. The van der Waals surface area contributed by atoms with E-state index in [9.17, 15) is 0 Å². The van der Waals surface area contributed by atoms with E-state index in [1.807, 2.05) is 19.1 Å². The van der Waals surface area contributed by atoms with Crippen molar-refractivity contribution in [1.82, 2.24) is 5.32 Å². The zero-order chi connectivity index (χ0) is 12.3. The average Bonchev–Trinajstić information content (AvgIpc) is 2.63. The SMILES string of the molecule is Cc1ccc(COCC2CNCC(C)(C)O2)o1. The van der Waals surface area contributed by atoms with Crippen molar-refractivity contribution >= 4 is 0 Å². The van der Waals surface area contributed by atoms with Crippen LogP contribution in [0.3, 0.4) is 0 Å². The highest BCUT2D eigenvalue weighted by atomic mass is 16.6. The molecule has 1 aromatic rings. The molecule has 17 heavy (non-hydrogen) atoms. The fourth-order valence-electron chi connectivity index (χ4n) is 2.02. The van der Waals surface area contributed by atoms with Crippen LogP contribution >= 0.6 is 0 Å². The largest absolute Gasteiger partial charge is 0.464 e. The number of morpholine rings is 1. The van der Waals surface area contributed by atoms with Gasteiger partial charge in [0.15, 0.2) is 0 Å². The second-order valence-electron chi connectivity index (χ2n) is 5.16. The van der Waals surface area contributed by atoms with Gasteiger partial charge in [-0.1, -0.05) is 0 Å². The molecule has 1 unspecified atom stereocenters. The third-order valence-corrected chi connectivity index (χ3v) is 2.75. The maximum absolute atomic E-state index is 5.90.